The van der Waals surface area contributed by atoms with Gasteiger partial charge in [-0.3, -0.25) is 0 Å². The van der Waals surface area contributed by atoms with Crippen molar-refractivity contribution in [2.24, 2.45) is 5.92 Å². The Balaban J connectivity index is 1.46. The van der Waals surface area contributed by atoms with Crippen LogP contribution in [0.1, 0.15) is 29.5 Å². The first-order chi connectivity index (χ1) is 13.6. The maximum Gasteiger partial charge on any atom is 0.158 e. The molecule has 5 heteroatoms. The first-order valence-electron chi connectivity index (χ1n) is 10.4. The lowest BCUT2D eigenvalue weighted by Gasteiger charge is -2.42. The second-order valence-corrected chi connectivity index (χ2v) is 8.68. The molecule has 0 atom stereocenters. The number of aryl methyl sites for hydroxylation is 3. The van der Waals surface area contributed by atoms with Crippen molar-refractivity contribution in [3.8, 4) is 11.1 Å². The van der Waals surface area contributed by atoms with Gasteiger partial charge >= 0.3 is 0 Å². The Bertz CT molecular complexity index is 990. The van der Waals surface area contributed by atoms with Gasteiger partial charge in [-0.2, -0.15) is 0 Å². The van der Waals surface area contributed by atoms with E-state index in [-0.39, 0.29) is 0 Å². The first-order valence-corrected chi connectivity index (χ1v) is 10.4. The number of anilines is 1. The van der Waals surface area contributed by atoms with Crippen LogP contribution in [0.25, 0.3) is 22.2 Å². The molecule has 3 heterocycles. The van der Waals surface area contributed by atoms with Crippen LogP contribution >= 0.6 is 0 Å². The van der Waals surface area contributed by atoms with E-state index in [1.54, 1.807) is 0 Å². The number of rotatable bonds is 4. The first kappa shape index (κ1) is 17.7. The average molecular weight is 377 g/mol. The van der Waals surface area contributed by atoms with Crippen molar-refractivity contribution >= 4 is 16.7 Å². The molecule has 0 aliphatic carbocycles. The number of hydrogen-bond acceptors (Lipinski definition) is 5. The zero-order chi connectivity index (χ0) is 19.3. The molecule has 5 rings (SSSR count). The third-order valence-corrected chi connectivity index (χ3v) is 6.32. The summed E-state index contributed by atoms with van der Waals surface area (Å²) in [6.45, 7) is 12.5. The van der Waals surface area contributed by atoms with E-state index in [0.717, 1.165) is 35.7 Å². The molecule has 0 N–H and O–H groups in total. The molecule has 0 saturated carbocycles. The zero-order valence-corrected chi connectivity index (χ0v) is 17.0. The fraction of sp³-hybridized carbons (Fsp3) is 0.478. The van der Waals surface area contributed by atoms with Gasteiger partial charge in [0.25, 0.3) is 0 Å². The quantitative estimate of drug-likeness (QED) is 0.677. The Morgan fingerprint density at radius 2 is 1.68 bits per heavy atom. The van der Waals surface area contributed by atoms with Crippen LogP contribution in [0.5, 0.6) is 0 Å². The molecule has 2 saturated heterocycles. The lowest BCUT2D eigenvalue weighted by atomic mass is 9.92. The highest BCUT2D eigenvalue weighted by atomic mass is 16.6. The van der Waals surface area contributed by atoms with Gasteiger partial charge in [-0.25, -0.2) is 4.63 Å². The fourth-order valence-corrected chi connectivity index (χ4v) is 5.11. The molecule has 28 heavy (non-hydrogen) atoms. The summed E-state index contributed by atoms with van der Waals surface area (Å²) >= 11 is 0. The van der Waals surface area contributed by atoms with Crippen LogP contribution in [0.15, 0.2) is 28.9 Å². The van der Waals surface area contributed by atoms with Crippen molar-refractivity contribution in [1.82, 2.24) is 15.2 Å². The number of benzene rings is 2. The molecule has 3 aromatic rings. The van der Waals surface area contributed by atoms with Crippen LogP contribution in [-0.2, 0) is 0 Å². The number of aromatic nitrogens is 2. The second kappa shape index (κ2) is 6.89. The van der Waals surface area contributed by atoms with Crippen LogP contribution in [0.4, 0.5) is 5.69 Å². The van der Waals surface area contributed by atoms with Gasteiger partial charge in [0.1, 0.15) is 5.52 Å². The molecule has 2 aliphatic heterocycles. The maximum absolute atomic E-state index is 5.09. The molecular weight excluding hydrogens is 348 g/mol. The zero-order valence-electron chi connectivity index (χ0n) is 17.0. The summed E-state index contributed by atoms with van der Waals surface area (Å²) in [6, 6.07) is 8.90. The van der Waals surface area contributed by atoms with Crippen molar-refractivity contribution in [1.29, 1.82) is 0 Å². The van der Waals surface area contributed by atoms with Gasteiger partial charge in [0.2, 0.25) is 0 Å². The summed E-state index contributed by atoms with van der Waals surface area (Å²) in [5.74, 6) is 0.750. The number of nitrogens with zero attached hydrogens (tertiary/aromatic N) is 4. The number of likely N-dealkylation sites (tertiary alicyclic amines) is 1. The molecule has 5 nitrogen and oxygen atoms in total. The molecule has 1 aromatic heterocycles. The summed E-state index contributed by atoms with van der Waals surface area (Å²) in [6.07, 6.45) is 2.72. The SMILES string of the molecule is Cc1cc(C)c(-c2cc(N3CC(CN4CCCC4)C3)c3nonc3c2)c(C)c1. The summed E-state index contributed by atoms with van der Waals surface area (Å²) in [4.78, 5) is 5.06. The molecule has 0 radical (unpaired) electrons. The predicted octanol–water partition coefficient (Wildman–Crippen LogP) is 4.35. The summed E-state index contributed by atoms with van der Waals surface area (Å²) in [7, 11) is 0. The fourth-order valence-electron chi connectivity index (χ4n) is 5.11. The minimum absolute atomic E-state index is 0.750. The minimum Gasteiger partial charge on any atom is -0.369 e. The van der Waals surface area contributed by atoms with Crippen LogP contribution in [0, 0.1) is 26.7 Å². The van der Waals surface area contributed by atoms with Crippen molar-refractivity contribution in [2.75, 3.05) is 37.6 Å². The van der Waals surface area contributed by atoms with E-state index in [4.69, 9.17) is 4.63 Å². The van der Waals surface area contributed by atoms with Crippen molar-refractivity contribution in [3.05, 3.63) is 41.0 Å². The Kier molecular flexibility index (Phi) is 4.35. The average Bonchev–Trinajstić information content (AvgIpc) is 3.27. The minimum atomic E-state index is 0.750. The number of hydrogen-bond donors (Lipinski definition) is 0. The van der Waals surface area contributed by atoms with Crippen LogP contribution in [0.3, 0.4) is 0 Å². The van der Waals surface area contributed by atoms with E-state index in [2.05, 4.69) is 65.1 Å². The lowest BCUT2D eigenvalue weighted by molar-refractivity contribution is 0.247. The Morgan fingerprint density at radius 1 is 0.964 bits per heavy atom. The van der Waals surface area contributed by atoms with Gasteiger partial charge in [0.05, 0.1) is 5.69 Å². The van der Waals surface area contributed by atoms with Crippen molar-refractivity contribution in [2.45, 2.75) is 33.6 Å². The van der Waals surface area contributed by atoms with E-state index in [9.17, 15) is 0 Å². The highest BCUT2D eigenvalue weighted by molar-refractivity contribution is 5.93. The van der Waals surface area contributed by atoms with E-state index in [1.165, 1.54) is 60.3 Å². The van der Waals surface area contributed by atoms with Crippen molar-refractivity contribution < 1.29 is 4.63 Å². The standard InChI is InChI=1S/C23H28N4O/c1-15-8-16(2)22(17(3)9-15)19-10-20-23(25-28-24-20)21(11-19)27-13-18(14-27)12-26-6-4-5-7-26/h8-11,18H,4-7,12-14H2,1-3H3. The molecular formula is C23H28N4O. The third kappa shape index (κ3) is 3.08. The van der Waals surface area contributed by atoms with Gasteiger partial charge in [-0.1, -0.05) is 17.7 Å². The van der Waals surface area contributed by atoms with E-state index < -0.39 is 0 Å². The molecule has 0 bridgehead atoms. The molecule has 0 unspecified atom stereocenters. The summed E-state index contributed by atoms with van der Waals surface area (Å²) in [5.41, 5.74) is 9.29. The summed E-state index contributed by atoms with van der Waals surface area (Å²) < 4.78 is 5.09. The van der Waals surface area contributed by atoms with Gasteiger partial charge in [0.15, 0.2) is 5.52 Å². The lowest BCUT2D eigenvalue weighted by Crippen LogP contribution is -2.51. The molecule has 2 aromatic carbocycles. The highest BCUT2D eigenvalue weighted by Gasteiger charge is 2.31. The molecule has 0 amide bonds. The maximum atomic E-state index is 5.09. The van der Waals surface area contributed by atoms with E-state index in [0.29, 0.717) is 0 Å². The Hall–Kier alpha value is -2.40. The Morgan fingerprint density at radius 3 is 2.39 bits per heavy atom. The monoisotopic (exact) mass is 376 g/mol. The molecule has 146 valence electrons. The smallest absolute Gasteiger partial charge is 0.158 e. The van der Waals surface area contributed by atoms with Crippen LogP contribution in [-0.4, -0.2) is 47.9 Å². The Labute approximate surface area is 166 Å². The second-order valence-electron chi connectivity index (χ2n) is 8.68. The summed E-state index contributed by atoms with van der Waals surface area (Å²) in [5, 5.41) is 8.37. The topological polar surface area (TPSA) is 45.4 Å². The highest BCUT2D eigenvalue weighted by Crippen LogP contribution is 2.37. The third-order valence-electron chi connectivity index (χ3n) is 6.32. The van der Waals surface area contributed by atoms with Crippen LogP contribution < -0.4 is 4.90 Å². The normalized spacial score (nSPS) is 18.2. The van der Waals surface area contributed by atoms with Gasteiger partial charge < -0.3 is 9.80 Å². The van der Waals surface area contributed by atoms with Crippen molar-refractivity contribution in [3.63, 3.8) is 0 Å². The number of fused-ring (bicyclic) bond motifs is 1. The predicted molar refractivity (Wildman–Crippen MR) is 113 cm³/mol. The van der Waals surface area contributed by atoms with E-state index in [1.807, 2.05) is 0 Å². The van der Waals surface area contributed by atoms with Gasteiger partial charge in [-0.15, -0.1) is 0 Å². The van der Waals surface area contributed by atoms with Crippen LogP contribution in [0.2, 0.25) is 0 Å². The molecule has 2 fully saturated rings. The molecule has 2 aliphatic rings. The van der Waals surface area contributed by atoms with Gasteiger partial charge in [0, 0.05) is 25.6 Å². The van der Waals surface area contributed by atoms with E-state index >= 15 is 0 Å². The largest absolute Gasteiger partial charge is 0.369 e. The molecule has 0 spiro atoms. The van der Waals surface area contributed by atoms with Gasteiger partial charge in [-0.05, 0) is 91.4 Å².